The number of aliphatic hydroxyl groups excluding tert-OH is 1. The van der Waals surface area contributed by atoms with E-state index in [1.54, 1.807) is 26.1 Å². The highest BCUT2D eigenvalue weighted by Gasteiger charge is 2.33. The summed E-state index contributed by atoms with van der Waals surface area (Å²) in [5, 5.41) is 18.4. The Hall–Kier alpha value is -2.28. The first kappa shape index (κ1) is 18.8. The third-order valence-corrected chi connectivity index (χ3v) is 3.79. The van der Waals surface area contributed by atoms with E-state index in [1.807, 2.05) is 0 Å². The normalized spacial score (nSPS) is 16.7. The van der Waals surface area contributed by atoms with Crippen molar-refractivity contribution in [1.29, 1.82) is 0 Å². The maximum Gasteiger partial charge on any atom is 0.328 e. The van der Waals surface area contributed by atoms with Crippen molar-refractivity contribution in [2.75, 3.05) is 21.3 Å². The second-order valence-corrected chi connectivity index (χ2v) is 5.15. The molecule has 1 saturated heterocycles. The monoisotopic (exact) mass is 325 g/mol. The number of likely N-dealkylation sites (N-methyl/N-ethyl adjacent to an activating group) is 1. The highest BCUT2D eigenvalue weighted by Crippen LogP contribution is 2.30. The van der Waals surface area contributed by atoms with Gasteiger partial charge in [-0.05, 0) is 25.0 Å². The molecule has 1 aromatic rings. The number of ether oxygens (including phenoxy) is 2. The largest absolute Gasteiger partial charge is 0.507 e. The lowest BCUT2D eigenvalue weighted by molar-refractivity contribution is -0.148. The standard InChI is InChI=1S/C9H12O3.C7H11NO3/c1-6-3-4-8(12-2)7(5-10)9(6)11;1-8-5(7(10)11-2)3-4-6(8)9/h3-4,10-11H,5H2,1-2H3;5H,3-4H2,1-2H3/t;5-/m.0/s1. The number of nitrogens with zero attached hydrogens (tertiary/aromatic N) is 1. The number of aliphatic hydroxyl groups is 1. The molecule has 23 heavy (non-hydrogen) atoms. The Bertz CT molecular complexity index is 572. The van der Waals surface area contributed by atoms with Gasteiger partial charge in [0.05, 0.1) is 26.4 Å². The summed E-state index contributed by atoms with van der Waals surface area (Å²) in [7, 11) is 4.46. The molecule has 0 aromatic heterocycles. The topological polar surface area (TPSA) is 96.3 Å². The number of benzene rings is 1. The number of carbonyl (C=O) groups is 2. The minimum absolute atomic E-state index is 0.0143. The van der Waals surface area contributed by atoms with E-state index in [0.29, 0.717) is 24.2 Å². The Morgan fingerprint density at radius 2 is 2.04 bits per heavy atom. The van der Waals surface area contributed by atoms with Crippen LogP contribution in [-0.2, 0) is 20.9 Å². The number of hydrogen-bond acceptors (Lipinski definition) is 6. The van der Waals surface area contributed by atoms with E-state index in [0.717, 1.165) is 5.56 Å². The van der Waals surface area contributed by atoms with Crippen LogP contribution in [0.1, 0.15) is 24.0 Å². The number of phenols is 1. The zero-order valence-electron chi connectivity index (χ0n) is 13.8. The number of esters is 1. The van der Waals surface area contributed by atoms with Crippen LogP contribution in [0.4, 0.5) is 0 Å². The van der Waals surface area contributed by atoms with E-state index in [-0.39, 0.29) is 30.3 Å². The lowest BCUT2D eigenvalue weighted by atomic mass is 10.1. The van der Waals surface area contributed by atoms with Crippen LogP contribution in [0, 0.1) is 6.92 Å². The van der Waals surface area contributed by atoms with Crippen molar-refractivity contribution in [3.63, 3.8) is 0 Å². The first-order valence-electron chi connectivity index (χ1n) is 7.17. The van der Waals surface area contributed by atoms with Gasteiger partial charge in [-0.25, -0.2) is 4.79 Å². The Labute approximate surface area is 135 Å². The smallest absolute Gasteiger partial charge is 0.328 e. The van der Waals surface area contributed by atoms with Gasteiger partial charge in [0.25, 0.3) is 0 Å². The van der Waals surface area contributed by atoms with Crippen LogP contribution in [0.15, 0.2) is 12.1 Å². The van der Waals surface area contributed by atoms with Crippen LogP contribution in [0.3, 0.4) is 0 Å². The van der Waals surface area contributed by atoms with E-state index in [1.165, 1.54) is 19.1 Å². The number of aromatic hydroxyl groups is 1. The molecule has 1 aromatic carbocycles. The van der Waals surface area contributed by atoms with Crippen molar-refractivity contribution in [2.45, 2.75) is 32.4 Å². The molecule has 0 radical (unpaired) electrons. The quantitative estimate of drug-likeness (QED) is 0.804. The van der Waals surface area contributed by atoms with Crippen LogP contribution >= 0.6 is 0 Å². The zero-order chi connectivity index (χ0) is 17.6. The third-order valence-electron chi connectivity index (χ3n) is 3.79. The predicted molar refractivity (Wildman–Crippen MR) is 83.1 cm³/mol. The molecule has 2 rings (SSSR count). The zero-order valence-corrected chi connectivity index (χ0v) is 13.8. The van der Waals surface area contributed by atoms with Gasteiger partial charge in [0.1, 0.15) is 17.5 Å². The predicted octanol–water partition coefficient (Wildman–Crippen LogP) is 0.982. The second kappa shape index (κ2) is 8.38. The third kappa shape index (κ3) is 4.35. The maximum atomic E-state index is 11.0. The van der Waals surface area contributed by atoms with E-state index in [9.17, 15) is 14.7 Å². The first-order chi connectivity index (χ1) is 10.9. The summed E-state index contributed by atoms with van der Waals surface area (Å²) in [6.45, 7) is 1.56. The molecule has 1 amide bonds. The number of aryl methyl sites for hydroxylation is 1. The van der Waals surface area contributed by atoms with Gasteiger partial charge in [0, 0.05) is 13.5 Å². The van der Waals surface area contributed by atoms with Crippen molar-refractivity contribution in [1.82, 2.24) is 4.90 Å². The van der Waals surface area contributed by atoms with Gasteiger partial charge >= 0.3 is 5.97 Å². The van der Waals surface area contributed by atoms with E-state index >= 15 is 0 Å². The second-order valence-electron chi connectivity index (χ2n) is 5.15. The molecule has 0 saturated carbocycles. The number of amides is 1. The molecule has 1 aliphatic heterocycles. The van der Waals surface area contributed by atoms with Crippen LogP contribution in [0.5, 0.6) is 11.5 Å². The average molecular weight is 325 g/mol. The van der Waals surface area contributed by atoms with Crippen molar-refractivity contribution in [3.8, 4) is 11.5 Å². The lowest BCUT2D eigenvalue weighted by Gasteiger charge is -2.16. The molecular formula is C16H23NO6. The van der Waals surface area contributed by atoms with Crippen LogP contribution in [0.25, 0.3) is 0 Å². The number of rotatable bonds is 3. The van der Waals surface area contributed by atoms with Crippen LogP contribution in [-0.4, -0.2) is 54.3 Å². The fraction of sp³-hybridized carbons (Fsp3) is 0.500. The van der Waals surface area contributed by atoms with Crippen LogP contribution < -0.4 is 4.74 Å². The first-order valence-corrected chi connectivity index (χ1v) is 7.17. The molecule has 1 fully saturated rings. The fourth-order valence-corrected chi connectivity index (χ4v) is 2.29. The minimum atomic E-state index is -0.354. The molecule has 0 unspecified atom stereocenters. The summed E-state index contributed by atoms with van der Waals surface area (Å²) < 4.78 is 9.47. The summed E-state index contributed by atoms with van der Waals surface area (Å²) in [5.74, 6) is 0.316. The SMILES string of the molecule is COC(=O)[C@@H]1CCC(=O)N1C.COc1ccc(C)c(O)c1CO. The summed E-state index contributed by atoms with van der Waals surface area (Å²) in [6, 6.07) is 3.11. The van der Waals surface area contributed by atoms with Gasteiger partial charge < -0.3 is 24.6 Å². The van der Waals surface area contributed by atoms with Crippen LogP contribution in [0.2, 0.25) is 0 Å². The summed E-state index contributed by atoms with van der Waals surface area (Å²) in [5.41, 5.74) is 1.18. The summed E-state index contributed by atoms with van der Waals surface area (Å²) in [6.07, 6.45) is 1.04. The molecule has 1 aliphatic rings. The Balaban J connectivity index is 0.000000231. The van der Waals surface area contributed by atoms with Gasteiger partial charge in [-0.15, -0.1) is 0 Å². The Morgan fingerprint density at radius 3 is 2.48 bits per heavy atom. The molecule has 0 bridgehead atoms. The summed E-state index contributed by atoms with van der Waals surface area (Å²) >= 11 is 0. The van der Waals surface area contributed by atoms with Gasteiger partial charge in [-0.3, -0.25) is 4.79 Å². The molecule has 1 atom stereocenters. The van der Waals surface area contributed by atoms with Crippen molar-refractivity contribution < 1.29 is 29.3 Å². The van der Waals surface area contributed by atoms with Crippen molar-refractivity contribution in [3.05, 3.63) is 23.3 Å². The molecule has 128 valence electrons. The van der Waals surface area contributed by atoms with Gasteiger partial charge in [0.2, 0.25) is 5.91 Å². The molecule has 7 nitrogen and oxygen atoms in total. The molecule has 1 heterocycles. The maximum absolute atomic E-state index is 11.0. The number of hydrogen-bond donors (Lipinski definition) is 2. The van der Waals surface area contributed by atoms with E-state index in [2.05, 4.69) is 4.74 Å². The summed E-state index contributed by atoms with van der Waals surface area (Å²) in [4.78, 5) is 23.3. The highest BCUT2D eigenvalue weighted by molar-refractivity contribution is 5.87. The van der Waals surface area contributed by atoms with E-state index < -0.39 is 0 Å². The number of methoxy groups -OCH3 is 2. The molecular weight excluding hydrogens is 302 g/mol. The van der Waals surface area contributed by atoms with Gasteiger partial charge in [0.15, 0.2) is 0 Å². The van der Waals surface area contributed by atoms with Crippen molar-refractivity contribution >= 4 is 11.9 Å². The Morgan fingerprint density at radius 1 is 1.39 bits per heavy atom. The number of likely N-dealkylation sites (tertiary alicyclic amines) is 1. The van der Waals surface area contributed by atoms with Gasteiger partial charge in [-0.1, -0.05) is 6.07 Å². The molecule has 2 N–H and O–H groups in total. The molecule has 0 aliphatic carbocycles. The van der Waals surface area contributed by atoms with E-state index in [4.69, 9.17) is 9.84 Å². The average Bonchev–Trinajstić information content (AvgIpc) is 2.89. The van der Waals surface area contributed by atoms with Gasteiger partial charge in [-0.2, -0.15) is 0 Å². The Kier molecular flexibility index (Phi) is 6.84. The lowest BCUT2D eigenvalue weighted by Crippen LogP contribution is -2.35. The fourth-order valence-electron chi connectivity index (χ4n) is 2.29. The minimum Gasteiger partial charge on any atom is -0.507 e. The molecule has 7 heteroatoms. The highest BCUT2D eigenvalue weighted by atomic mass is 16.5. The van der Waals surface area contributed by atoms with Crippen molar-refractivity contribution in [2.24, 2.45) is 0 Å². The molecule has 0 spiro atoms. The number of carbonyl (C=O) groups excluding carboxylic acids is 2.